The van der Waals surface area contributed by atoms with Gasteiger partial charge >= 0.3 is 0 Å². The maximum absolute atomic E-state index is 9.49. The van der Waals surface area contributed by atoms with Gasteiger partial charge in [0.05, 0.1) is 13.2 Å². The molecule has 0 aliphatic heterocycles. The minimum Gasteiger partial charge on any atom is -0.494 e. The summed E-state index contributed by atoms with van der Waals surface area (Å²) in [6.45, 7) is 6.93. The third-order valence-corrected chi connectivity index (χ3v) is 3.23. The number of nitrogens with one attached hydrogen (secondary N) is 1. The van der Waals surface area contributed by atoms with E-state index in [-0.39, 0.29) is 18.8 Å². The Morgan fingerprint density at radius 2 is 1.85 bits per heavy atom. The molecule has 0 aliphatic carbocycles. The van der Waals surface area contributed by atoms with E-state index in [4.69, 9.17) is 9.84 Å². The van der Waals surface area contributed by atoms with Gasteiger partial charge < -0.3 is 20.3 Å². The summed E-state index contributed by atoms with van der Waals surface area (Å²) in [4.78, 5) is 0. The Labute approximate surface area is 121 Å². The van der Waals surface area contributed by atoms with Gasteiger partial charge in [-0.3, -0.25) is 0 Å². The molecule has 4 heteroatoms. The second-order valence-electron chi connectivity index (χ2n) is 5.73. The van der Waals surface area contributed by atoms with Gasteiger partial charge in [-0.25, -0.2) is 0 Å². The minimum absolute atomic E-state index is 0.0873. The van der Waals surface area contributed by atoms with Gasteiger partial charge in [0.1, 0.15) is 5.75 Å². The van der Waals surface area contributed by atoms with E-state index < -0.39 is 0 Å². The first kappa shape index (κ1) is 17.0. The van der Waals surface area contributed by atoms with Crippen LogP contribution < -0.4 is 10.1 Å². The molecule has 0 aromatic heterocycles. The van der Waals surface area contributed by atoms with Crippen LogP contribution >= 0.6 is 0 Å². The fraction of sp³-hybridized carbons (Fsp3) is 0.625. The van der Waals surface area contributed by atoms with Crippen LogP contribution in [0.2, 0.25) is 0 Å². The number of aliphatic hydroxyl groups is 2. The van der Waals surface area contributed by atoms with Crippen LogP contribution in [-0.2, 0) is 6.42 Å². The molecule has 20 heavy (non-hydrogen) atoms. The molecule has 0 saturated heterocycles. The van der Waals surface area contributed by atoms with E-state index in [0.717, 1.165) is 17.7 Å². The molecule has 0 heterocycles. The Morgan fingerprint density at radius 3 is 2.35 bits per heavy atom. The third kappa shape index (κ3) is 5.90. The second kappa shape index (κ2) is 8.25. The molecule has 0 aliphatic rings. The van der Waals surface area contributed by atoms with Gasteiger partial charge in [0.2, 0.25) is 0 Å². The van der Waals surface area contributed by atoms with Crippen molar-refractivity contribution in [3.05, 3.63) is 29.8 Å². The summed E-state index contributed by atoms with van der Waals surface area (Å²) in [5.41, 5.74) is 0.784. The first-order chi connectivity index (χ1) is 9.49. The lowest BCUT2D eigenvalue weighted by Crippen LogP contribution is -2.49. The maximum atomic E-state index is 9.49. The molecule has 0 saturated carbocycles. The molecule has 1 atom stereocenters. The van der Waals surface area contributed by atoms with Crippen molar-refractivity contribution in [1.29, 1.82) is 0 Å². The van der Waals surface area contributed by atoms with E-state index in [1.165, 1.54) is 0 Å². The zero-order valence-corrected chi connectivity index (χ0v) is 12.7. The Kier molecular flexibility index (Phi) is 6.99. The molecule has 0 fully saturated rings. The molecule has 0 amide bonds. The molecule has 0 radical (unpaired) electrons. The van der Waals surface area contributed by atoms with Gasteiger partial charge in [-0.15, -0.1) is 0 Å². The number of ether oxygens (including phenoxy) is 1. The highest BCUT2D eigenvalue weighted by atomic mass is 16.5. The second-order valence-corrected chi connectivity index (χ2v) is 5.73. The van der Waals surface area contributed by atoms with Crippen molar-refractivity contribution in [1.82, 2.24) is 5.32 Å². The molecule has 1 unspecified atom stereocenters. The predicted molar refractivity (Wildman–Crippen MR) is 81.1 cm³/mol. The van der Waals surface area contributed by atoms with Crippen molar-refractivity contribution in [3.63, 3.8) is 0 Å². The maximum Gasteiger partial charge on any atom is 0.119 e. The standard InChI is InChI=1S/C16H27NO3/c1-13(2)17-16(3,12-19)9-11-20-15-6-4-14(5-7-15)8-10-18/h4-7,13,17-19H,8-12H2,1-3H3. The quantitative estimate of drug-likeness (QED) is 0.645. The molecular formula is C16H27NO3. The van der Waals surface area contributed by atoms with Crippen LogP contribution in [0.1, 0.15) is 32.8 Å². The Bertz CT molecular complexity index is 378. The molecule has 0 spiro atoms. The predicted octanol–water partition coefficient (Wildman–Crippen LogP) is 1.74. The highest BCUT2D eigenvalue weighted by Gasteiger charge is 2.23. The number of benzene rings is 1. The van der Waals surface area contributed by atoms with Gasteiger partial charge in [-0.1, -0.05) is 26.0 Å². The summed E-state index contributed by atoms with van der Waals surface area (Å²) < 4.78 is 5.70. The molecular weight excluding hydrogens is 254 g/mol. The highest BCUT2D eigenvalue weighted by molar-refractivity contribution is 5.27. The number of hydrogen-bond acceptors (Lipinski definition) is 4. The number of rotatable bonds is 9. The molecule has 0 bridgehead atoms. The topological polar surface area (TPSA) is 61.7 Å². The van der Waals surface area contributed by atoms with Crippen molar-refractivity contribution in [3.8, 4) is 5.75 Å². The van der Waals surface area contributed by atoms with Gasteiger partial charge in [-0.2, -0.15) is 0 Å². The zero-order chi connectivity index (χ0) is 15.0. The van der Waals surface area contributed by atoms with Gasteiger partial charge in [0.15, 0.2) is 0 Å². The summed E-state index contributed by atoms with van der Waals surface area (Å²) in [5, 5.41) is 21.7. The zero-order valence-electron chi connectivity index (χ0n) is 12.7. The van der Waals surface area contributed by atoms with Gasteiger partial charge in [0, 0.05) is 24.6 Å². The minimum atomic E-state index is -0.314. The van der Waals surface area contributed by atoms with E-state index in [2.05, 4.69) is 19.2 Å². The van der Waals surface area contributed by atoms with E-state index in [0.29, 0.717) is 19.1 Å². The van der Waals surface area contributed by atoms with Crippen LogP contribution in [0.3, 0.4) is 0 Å². The lowest BCUT2D eigenvalue weighted by molar-refractivity contribution is 0.136. The van der Waals surface area contributed by atoms with E-state index in [1.54, 1.807) is 0 Å². The van der Waals surface area contributed by atoms with Crippen LogP contribution in [-0.4, -0.2) is 41.6 Å². The molecule has 1 aromatic carbocycles. The van der Waals surface area contributed by atoms with E-state index in [9.17, 15) is 5.11 Å². The number of hydrogen-bond donors (Lipinski definition) is 3. The average Bonchev–Trinajstić information content (AvgIpc) is 2.40. The lowest BCUT2D eigenvalue weighted by atomic mass is 9.98. The Balaban J connectivity index is 2.42. The average molecular weight is 281 g/mol. The normalized spacial score (nSPS) is 14.3. The van der Waals surface area contributed by atoms with E-state index in [1.807, 2.05) is 31.2 Å². The molecule has 4 nitrogen and oxygen atoms in total. The summed E-state index contributed by atoms with van der Waals surface area (Å²) in [6, 6.07) is 8.07. The van der Waals surface area contributed by atoms with Crippen molar-refractivity contribution in [2.24, 2.45) is 0 Å². The monoisotopic (exact) mass is 281 g/mol. The van der Waals surface area contributed by atoms with Crippen LogP contribution in [0.25, 0.3) is 0 Å². The summed E-state index contributed by atoms with van der Waals surface area (Å²) >= 11 is 0. The van der Waals surface area contributed by atoms with Crippen LogP contribution in [0.4, 0.5) is 0 Å². The SMILES string of the molecule is CC(C)NC(C)(CO)CCOc1ccc(CCO)cc1. The fourth-order valence-corrected chi connectivity index (χ4v) is 2.17. The van der Waals surface area contributed by atoms with Crippen LogP contribution in [0.5, 0.6) is 5.75 Å². The fourth-order valence-electron chi connectivity index (χ4n) is 2.17. The molecule has 1 rings (SSSR count). The first-order valence-electron chi connectivity index (χ1n) is 7.20. The van der Waals surface area contributed by atoms with Crippen molar-refractivity contribution in [2.75, 3.05) is 19.8 Å². The van der Waals surface area contributed by atoms with Gasteiger partial charge in [-0.05, 0) is 31.0 Å². The Morgan fingerprint density at radius 1 is 1.20 bits per heavy atom. The highest BCUT2D eigenvalue weighted by Crippen LogP contribution is 2.15. The number of aliphatic hydroxyl groups excluding tert-OH is 2. The van der Waals surface area contributed by atoms with Crippen LogP contribution in [0, 0.1) is 0 Å². The van der Waals surface area contributed by atoms with Crippen LogP contribution in [0.15, 0.2) is 24.3 Å². The van der Waals surface area contributed by atoms with E-state index >= 15 is 0 Å². The summed E-state index contributed by atoms with van der Waals surface area (Å²) in [7, 11) is 0. The van der Waals surface area contributed by atoms with Crippen molar-refractivity contribution in [2.45, 2.75) is 45.2 Å². The molecule has 3 N–H and O–H groups in total. The van der Waals surface area contributed by atoms with Gasteiger partial charge in [0.25, 0.3) is 0 Å². The summed E-state index contributed by atoms with van der Waals surface area (Å²) in [6.07, 6.45) is 1.40. The summed E-state index contributed by atoms with van der Waals surface area (Å²) in [5.74, 6) is 0.816. The largest absolute Gasteiger partial charge is 0.494 e. The van der Waals surface area contributed by atoms with Crippen molar-refractivity contribution < 1.29 is 14.9 Å². The smallest absolute Gasteiger partial charge is 0.119 e. The molecule has 1 aromatic rings. The third-order valence-electron chi connectivity index (χ3n) is 3.23. The molecule has 114 valence electrons. The Hall–Kier alpha value is -1.10. The first-order valence-corrected chi connectivity index (χ1v) is 7.20. The lowest BCUT2D eigenvalue weighted by Gasteiger charge is -2.31. The van der Waals surface area contributed by atoms with Crippen molar-refractivity contribution >= 4 is 0 Å².